The normalized spacial score (nSPS) is 12.1. The number of carbonyl (C=O) groups excluding carboxylic acids is 3. The largest absolute Gasteiger partial charge is 0.462 e. The van der Waals surface area contributed by atoms with Crippen molar-refractivity contribution in [1.82, 2.24) is 0 Å². The third kappa shape index (κ3) is 45.5. The molecule has 58 heavy (non-hydrogen) atoms. The number of carbonyl (C=O) groups is 3. The molecular formula is C52H100O6. The highest BCUT2D eigenvalue weighted by molar-refractivity contribution is 5.71. The molecular weight excluding hydrogens is 721 g/mol. The molecule has 0 bridgehead atoms. The molecule has 0 rings (SSSR count). The second-order valence-corrected chi connectivity index (χ2v) is 18.8. The van der Waals surface area contributed by atoms with Crippen LogP contribution in [0.25, 0.3) is 0 Å². The molecule has 0 aromatic carbocycles. The predicted molar refractivity (Wildman–Crippen MR) is 247 cm³/mol. The van der Waals surface area contributed by atoms with Crippen LogP contribution in [0.5, 0.6) is 0 Å². The fraction of sp³-hybridized carbons (Fsp3) is 0.942. The van der Waals surface area contributed by atoms with Gasteiger partial charge in [-0.1, -0.05) is 247 Å². The summed E-state index contributed by atoms with van der Waals surface area (Å²) in [7, 11) is 0. The van der Waals surface area contributed by atoms with Crippen LogP contribution in [0.3, 0.4) is 0 Å². The lowest BCUT2D eigenvalue weighted by Crippen LogP contribution is -2.30. The van der Waals surface area contributed by atoms with Gasteiger partial charge in [-0.05, 0) is 31.1 Å². The van der Waals surface area contributed by atoms with Crippen molar-refractivity contribution in [2.24, 2.45) is 11.8 Å². The Balaban J connectivity index is 4.06. The lowest BCUT2D eigenvalue weighted by molar-refractivity contribution is -0.167. The van der Waals surface area contributed by atoms with Gasteiger partial charge in [-0.3, -0.25) is 14.4 Å². The van der Waals surface area contributed by atoms with E-state index in [1.54, 1.807) is 0 Å². The smallest absolute Gasteiger partial charge is 0.306 e. The van der Waals surface area contributed by atoms with Crippen LogP contribution in [0.1, 0.15) is 285 Å². The number of hydrogen-bond acceptors (Lipinski definition) is 6. The topological polar surface area (TPSA) is 78.9 Å². The van der Waals surface area contributed by atoms with Gasteiger partial charge >= 0.3 is 17.9 Å². The van der Waals surface area contributed by atoms with Gasteiger partial charge in [-0.25, -0.2) is 0 Å². The Hall–Kier alpha value is -1.59. The van der Waals surface area contributed by atoms with Gasteiger partial charge in [0.25, 0.3) is 0 Å². The zero-order valence-corrected chi connectivity index (χ0v) is 39.7. The van der Waals surface area contributed by atoms with E-state index in [4.69, 9.17) is 14.2 Å². The maximum absolute atomic E-state index is 12.7. The number of unbranched alkanes of at least 4 members (excludes halogenated alkanes) is 31. The molecule has 0 amide bonds. The fourth-order valence-corrected chi connectivity index (χ4v) is 7.81. The third-order valence-corrected chi connectivity index (χ3v) is 11.7. The minimum absolute atomic E-state index is 0.0647. The predicted octanol–water partition coefficient (Wildman–Crippen LogP) is 16.5. The van der Waals surface area contributed by atoms with Crippen LogP contribution in [0.4, 0.5) is 0 Å². The van der Waals surface area contributed by atoms with E-state index in [0.717, 1.165) is 76.0 Å². The lowest BCUT2D eigenvalue weighted by atomic mass is 10.0. The average Bonchev–Trinajstić information content (AvgIpc) is 3.19. The van der Waals surface area contributed by atoms with Crippen LogP contribution in [-0.2, 0) is 28.6 Å². The van der Waals surface area contributed by atoms with E-state index in [2.05, 4.69) is 34.6 Å². The zero-order valence-electron chi connectivity index (χ0n) is 39.7. The summed E-state index contributed by atoms with van der Waals surface area (Å²) in [6, 6.07) is 0. The summed E-state index contributed by atoms with van der Waals surface area (Å²) >= 11 is 0. The van der Waals surface area contributed by atoms with Crippen molar-refractivity contribution < 1.29 is 28.6 Å². The van der Waals surface area contributed by atoms with E-state index >= 15 is 0 Å². The SMILES string of the molecule is CCCCCCCC(=O)OC[C@H](COC(=O)CCCCCCCCCCCCCCCCCCCCC(C)C)OC(=O)CCCCCCCCCCCCCC(C)C. The van der Waals surface area contributed by atoms with Gasteiger partial charge in [-0.2, -0.15) is 0 Å². The van der Waals surface area contributed by atoms with E-state index in [-0.39, 0.29) is 31.1 Å². The van der Waals surface area contributed by atoms with Gasteiger partial charge in [0.15, 0.2) is 6.10 Å². The van der Waals surface area contributed by atoms with Gasteiger partial charge < -0.3 is 14.2 Å². The van der Waals surface area contributed by atoms with Crippen molar-refractivity contribution in [3.8, 4) is 0 Å². The average molecular weight is 821 g/mol. The Kier molecular flexibility index (Phi) is 43.7. The molecule has 0 aromatic rings. The van der Waals surface area contributed by atoms with Gasteiger partial charge in [0, 0.05) is 19.3 Å². The quantitative estimate of drug-likeness (QED) is 0.0346. The molecule has 0 N–H and O–H groups in total. The first-order valence-electron chi connectivity index (χ1n) is 25.7. The molecule has 0 saturated heterocycles. The summed E-state index contributed by atoms with van der Waals surface area (Å²) in [5.74, 6) is 0.821. The Labute approximate surface area is 361 Å². The van der Waals surface area contributed by atoms with Crippen molar-refractivity contribution in [3.63, 3.8) is 0 Å². The maximum atomic E-state index is 12.7. The number of rotatable bonds is 46. The first-order chi connectivity index (χ1) is 28.2. The second-order valence-electron chi connectivity index (χ2n) is 18.8. The van der Waals surface area contributed by atoms with E-state index in [1.165, 1.54) is 167 Å². The van der Waals surface area contributed by atoms with Crippen molar-refractivity contribution in [2.75, 3.05) is 13.2 Å². The third-order valence-electron chi connectivity index (χ3n) is 11.7. The van der Waals surface area contributed by atoms with Crippen LogP contribution in [0, 0.1) is 11.8 Å². The Morgan fingerprint density at radius 1 is 0.328 bits per heavy atom. The molecule has 0 aromatic heterocycles. The van der Waals surface area contributed by atoms with Gasteiger partial charge in [-0.15, -0.1) is 0 Å². The Bertz CT molecular complexity index is 885. The summed E-state index contributed by atoms with van der Waals surface area (Å²) < 4.78 is 16.7. The first-order valence-corrected chi connectivity index (χ1v) is 25.7. The molecule has 0 saturated carbocycles. The molecule has 0 aliphatic carbocycles. The summed E-state index contributed by atoms with van der Waals surface area (Å²) in [5, 5.41) is 0. The molecule has 0 heterocycles. The zero-order chi connectivity index (χ0) is 42.6. The van der Waals surface area contributed by atoms with Gasteiger partial charge in [0.1, 0.15) is 13.2 Å². The highest BCUT2D eigenvalue weighted by Crippen LogP contribution is 2.17. The fourth-order valence-electron chi connectivity index (χ4n) is 7.81. The van der Waals surface area contributed by atoms with E-state index < -0.39 is 6.10 Å². The van der Waals surface area contributed by atoms with Crippen LogP contribution in [-0.4, -0.2) is 37.2 Å². The molecule has 0 radical (unpaired) electrons. The molecule has 0 aliphatic heterocycles. The Morgan fingerprint density at radius 3 is 0.845 bits per heavy atom. The van der Waals surface area contributed by atoms with E-state index in [9.17, 15) is 14.4 Å². The van der Waals surface area contributed by atoms with Crippen molar-refractivity contribution in [3.05, 3.63) is 0 Å². The molecule has 0 aliphatic rings. The monoisotopic (exact) mass is 821 g/mol. The summed E-state index contributed by atoms with van der Waals surface area (Å²) in [6.45, 7) is 11.3. The number of esters is 3. The standard InChI is InChI=1S/C52H100O6/c1-6-7-8-30-37-42-50(53)56-45-49(58-52(55)44-39-34-29-25-21-17-19-23-27-32-36-41-48(4)5)46-57-51(54)43-38-33-28-24-20-16-14-12-10-9-11-13-15-18-22-26-31-35-40-47(2)3/h47-49H,6-46H2,1-5H3/t49-/m1/s1. The van der Waals surface area contributed by atoms with E-state index in [0.29, 0.717) is 19.3 Å². The van der Waals surface area contributed by atoms with E-state index in [1.807, 2.05) is 0 Å². The molecule has 6 heteroatoms. The lowest BCUT2D eigenvalue weighted by Gasteiger charge is -2.18. The Morgan fingerprint density at radius 2 is 0.569 bits per heavy atom. The van der Waals surface area contributed by atoms with Gasteiger partial charge in [0.2, 0.25) is 0 Å². The first kappa shape index (κ1) is 56.4. The summed E-state index contributed by atoms with van der Waals surface area (Å²) in [4.78, 5) is 37.6. The highest BCUT2D eigenvalue weighted by atomic mass is 16.6. The van der Waals surface area contributed by atoms with Crippen LogP contribution in [0.2, 0.25) is 0 Å². The molecule has 0 spiro atoms. The minimum atomic E-state index is -0.759. The van der Waals surface area contributed by atoms with Crippen molar-refractivity contribution in [1.29, 1.82) is 0 Å². The van der Waals surface area contributed by atoms with Crippen LogP contribution in [0.15, 0.2) is 0 Å². The number of hydrogen-bond donors (Lipinski definition) is 0. The number of ether oxygens (including phenoxy) is 3. The molecule has 0 fully saturated rings. The molecule has 0 unspecified atom stereocenters. The molecule has 1 atom stereocenters. The minimum Gasteiger partial charge on any atom is -0.462 e. The van der Waals surface area contributed by atoms with Crippen molar-refractivity contribution in [2.45, 2.75) is 291 Å². The molecule has 344 valence electrons. The van der Waals surface area contributed by atoms with Crippen LogP contribution >= 0.6 is 0 Å². The van der Waals surface area contributed by atoms with Crippen molar-refractivity contribution >= 4 is 17.9 Å². The second kappa shape index (κ2) is 44.9. The maximum Gasteiger partial charge on any atom is 0.306 e. The van der Waals surface area contributed by atoms with Crippen LogP contribution < -0.4 is 0 Å². The summed E-state index contributed by atoms with van der Waals surface area (Å²) in [6.07, 6.45) is 45.6. The summed E-state index contributed by atoms with van der Waals surface area (Å²) in [5.41, 5.74) is 0. The molecule has 6 nitrogen and oxygen atoms in total. The van der Waals surface area contributed by atoms with Gasteiger partial charge in [0.05, 0.1) is 0 Å². The highest BCUT2D eigenvalue weighted by Gasteiger charge is 2.19.